The van der Waals surface area contributed by atoms with E-state index in [4.69, 9.17) is 9.52 Å². The van der Waals surface area contributed by atoms with Gasteiger partial charge in [-0.1, -0.05) is 6.07 Å². The van der Waals surface area contributed by atoms with Crippen molar-refractivity contribution in [2.24, 2.45) is 0 Å². The van der Waals surface area contributed by atoms with E-state index in [0.29, 0.717) is 5.76 Å². The number of nitrogens with one attached hydrogen (secondary N) is 1. The zero-order valence-corrected chi connectivity index (χ0v) is 15.5. The molecule has 0 aliphatic rings. The molecule has 2 aromatic rings. The molecule has 2 aromatic heterocycles. The molecule has 0 aliphatic carbocycles. The minimum atomic E-state index is -3.76. The summed E-state index contributed by atoms with van der Waals surface area (Å²) in [6.07, 6.45) is 0. The molecule has 0 saturated carbocycles. The number of amides is 1. The van der Waals surface area contributed by atoms with Crippen molar-refractivity contribution in [1.29, 1.82) is 0 Å². The third-order valence-corrected chi connectivity index (χ3v) is 6.37. The average Bonchev–Trinajstić information content (AvgIpc) is 3.15. The minimum Gasteiger partial charge on any atom is -0.478 e. The van der Waals surface area contributed by atoms with Crippen LogP contribution in [-0.2, 0) is 21.4 Å². The average molecular weight is 386 g/mol. The van der Waals surface area contributed by atoms with Crippen molar-refractivity contribution in [3.63, 3.8) is 0 Å². The Morgan fingerprint density at radius 3 is 2.64 bits per heavy atom. The quantitative estimate of drug-likeness (QED) is 0.748. The lowest BCUT2D eigenvalue weighted by atomic mass is 10.2. The second-order valence-corrected chi connectivity index (χ2v) is 8.35. The summed E-state index contributed by atoms with van der Waals surface area (Å²) in [5, 5.41) is 10.6. The Bertz CT molecular complexity index is 870. The first kappa shape index (κ1) is 19.2. The molecule has 0 spiro atoms. The topological polar surface area (TPSA) is 117 Å². The standard InChI is InChI=1S/C15H18N2O6S2/c1-9(16-25(21,22)13-5-4-6-24-13)14(18)17(3)8-11-7-12(15(19)20)10(2)23-11/h4-7,9,16H,8H2,1-3H3,(H,19,20)/t9-/m0/s1. The summed E-state index contributed by atoms with van der Waals surface area (Å²) in [6.45, 7) is 2.99. The van der Waals surface area contributed by atoms with Gasteiger partial charge in [0.05, 0.1) is 12.6 Å². The summed E-state index contributed by atoms with van der Waals surface area (Å²) in [5.74, 6) is -1.03. The molecular weight excluding hydrogens is 368 g/mol. The Morgan fingerprint density at radius 2 is 2.12 bits per heavy atom. The summed E-state index contributed by atoms with van der Waals surface area (Å²) in [5.41, 5.74) is 0.0299. The first-order valence-corrected chi connectivity index (χ1v) is 9.61. The first-order valence-electron chi connectivity index (χ1n) is 7.25. The normalized spacial score (nSPS) is 12.8. The van der Waals surface area contributed by atoms with Crippen molar-refractivity contribution < 1.29 is 27.5 Å². The van der Waals surface area contributed by atoms with Gasteiger partial charge in [-0.05, 0) is 31.4 Å². The van der Waals surface area contributed by atoms with Crippen LogP contribution < -0.4 is 4.72 Å². The molecule has 10 heteroatoms. The van der Waals surface area contributed by atoms with E-state index in [-0.39, 0.29) is 22.1 Å². The Balaban J connectivity index is 2.04. The van der Waals surface area contributed by atoms with E-state index >= 15 is 0 Å². The smallest absolute Gasteiger partial charge is 0.339 e. The second kappa shape index (κ2) is 7.38. The summed E-state index contributed by atoms with van der Waals surface area (Å²) < 4.78 is 32.1. The van der Waals surface area contributed by atoms with Gasteiger partial charge >= 0.3 is 5.97 Å². The van der Waals surface area contributed by atoms with Crippen LogP contribution in [0.4, 0.5) is 0 Å². The van der Waals surface area contributed by atoms with E-state index in [1.54, 1.807) is 11.4 Å². The van der Waals surface area contributed by atoms with Crippen LogP contribution in [0.2, 0.25) is 0 Å². The second-order valence-electron chi connectivity index (χ2n) is 5.46. The van der Waals surface area contributed by atoms with Crippen LogP contribution in [0.15, 0.2) is 32.2 Å². The fourth-order valence-corrected chi connectivity index (χ4v) is 4.44. The number of hydrogen-bond acceptors (Lipinski definition) is 6. The number of nitrogens with zero attached hydrogens (tertiary/aromatic N) is 1. The van der Waals surface area contributed by atoms with Gasteiger partial charge in [-0.25, -0.2) is 13.2 Å². The molecule has 25 heavy (non-hydrogen) atoms. The predicted octanol–water partition coefficient (Wildman–Crippen LogP) is 1.67. The molecule has 1 amide bonds. The summed E-state index contributed by atoms with van der Waals surface area (Å²) in [6, 6.07) is 3.43. The van der Waals surface area contributed by atoms with Gasteiger partial charge in [0.15, 0.2) is 0 Å². The number of carbonyl (C=O) groups excluding carboxylic acids is 1. The van der Waals surface area contributed by atoms with Gasteiger partial charge in [-0.2, -0.15) is 4.72 Å². The van der Waals surface area contributed by atoms with Gasteiger partial charge in [0.25, 0.3) is 10.0 Å². The number of hydrogen-bond donors (Lipinski definition) is 2. The number of sulfonamides is 1. The van der Waals surface area contributed by atoms with Gasteiger partial charge in [0.2, 0.25) is 5.91 Å². The number of furan rings is 1. The van der Waals surface area contributed by atoms with E-state index in [9.17, 15) is 18.0 Å². The van der Waals surface area contributed by atoms with Gasteiger partial charge in [-0.3, -0.25) is 4.79 Å². The molecule has 8 nitrogen and oxygen atoms in total. The Labute approximate surface area is 149 Å². The van der Waals surface area contributed by atoms with Crippen molar-refractivity contribution in [1.82, 2.24) is 9.62 Å². The number of aryl methyl sites for hydroxylation is 1. The molecule has 2 rings (SSSR count). The summed E-state index contributed by atoms with van der Waals surface area (Å²) in [7, 11) is -2.28. The number of likely N-dealkylation sites (N-methyl/N-ethyl adjacent to an activating group) is 1. The lowest BCUT2D eigenvalue weighted by Crippen LogP contribution is -2.45. The molecule has 136 valence electrons. The van der Waals surface area contributed by atoms with Crippen LogP contribution in [0.25, 0.3) is 0 Å². The number of carboxylic acid groups (broad SMARTS) is 1. The first-order chi connectivity index (χ1) is 11.6. The van der Waals surface area contributed by atoms with E-state index in [2.05, 4.69) is 4.72 Å². The van der Waals surface area contributed by atoms with Crippen LogP contribution in [0.1, 0.15) is 28.8 Å². The summed E-state index contributed by atoms with van der Waals surface area (Å²) in [4.78, 5) is 24.6. The molecule has 0 bridgehead atoms. The van der Waals surface area contributed by atoms with Gasteiger partial charge in [0.1, 0.15) is 21.3 Å². The van der Waals surface area contributed by atoms with Crippen molar-refractivity contribution in [2.45, 2.75) is 30.6 Å². The van der Waals surface area contributed by atoms with Crippen LogP contribution in [0, 0.1) is 6.92 Å². The monoisotopic (exact) mass is 386 g/mol. The number of thiophene rings is 1. The maximum atomic E-state index is 12.4. The van der Waals surface area contributed by atoms with Crippen LogP contribution >= 0.6 is 11.3 Å². The van der Waals surface area contributed by atoms with Crippen molar-refractivity contribution in [3.05, 3.63) is 40.7 Å². The van der Waals surface area contributed by atoms with E-state index < -0.39 is 27.9 Å². The fourth-order valence-electron chi connectivity index (χ4n) is 2.23. The molecule has 0 aromatic carbocycles. The highest BCUT2D eigenvalue weighted by molar-refractivity contribution is 7.91. The van der Waals surface area contributed by atoms with Gasteiger partial charge in [0, 0.05) is 7.05 Å². The third-order valence-electron chi connectivity index (χ3n) is 3.43. The number of carbonyl (C=O) groups is 2. The minimum absolute atomic E-state index is 0.0258. The highest BCUT2D eigenvalue weighted by Gasteiger charge is 2.26. The molecular formula is C15H18N2O6S2. The number of carboxylic acids is 1. The summed E-state index contributed by atoms with van der Waals surface area (Å²) >= 11 is 1.06. The predicted molar refractivity (Wildman–Crippen MR) is 91.0 cm³/mol. The van der Waals surface area contributed by atoms with Crippen LogP contribution in [0.5, 0.6) is 0 Å². The SMILES string of the molecule is Cc1oc(CN(C)C(=O)[C@H](C)NS(=O)(=O)c2cccs2)cc1C(=O)O. The molecule has 0 fully saturated rings. The van der Waals surface area contributed by atoms with Crippen LogP contribution in [-0.4, -0.2) is 43.4 Å². The maximum Gasteiger partial charge on any atom is 0.339 e. The van der Waals surface area contributed by atoms with Crippen molar-refractivity contribution >= 4 is 33.2 Å². The van der Waals surface area contributed by atoms with E-state index in [0.717, 1.165) is 11.3 Å². The third kappa shape index (κ3) is 4.47. The molecule has 0 saturated heterocycles. The highest BCUT2D eigenvalue weighted by atomic mass is 32.2. The number of rotatable bonds is 7. The van der Waals surface area contributed by atoms with Crippen molar-refractivity contribution in [2.75, 3.05) is 7.05 Å². The highest BCUT2D eigenvalue weighted by Crippen LogP contribution is 2.18. The van der Waals surface area contributed by atoms with E-state index in [1.165, 1.54) is 37.9 Å². The Morgan fingerprint density at radius 1 is 1.44 bits per heavy atom. The Hall–Kier alpha value is -2.17. The zero-order valence-electron chi connectivity index (χ0n) is 13.8. The largest absolute Gasteiger partial charge is 0.478 e. The van der Waals surface area contributed by atoms with Gasteiger partial charge < -0.3 is 14.4 Å². The molecule has 0 aliphatic heterocycles. The molecule has 0 radical (unpaired) electrons. The molecule has 2 N–H and O–H groups in total. The van der Waals surface area contributed by atoms with Crippen molar-refractivity contribution in [3.8, 4) is 0 Å². The lowest BCUT2D eigenvalue weighted by Gasteiger charge is -2.21. The molecule has 1 atom stereocenters. The lowest BCUT2D eigenvalue weighted by molar-refractivity contribution is -0.132. The Kier molecular flexibility index (Phi) is 5.65. The van der Waals surface area contributed by atoms with Gasteiger partial charge in [-0.15, -0.1) is 11.3 Å². The zero-order chi connectivity index (χ0) is 18.8. The number of aromatic carboxylic acids is 1. The van der Waals surface area contributed by atoms with E-state index in [1.807, 2.05) is 0 Å². The van der Waals surface area contributed by atoms with Crippen LogP contribution in [0.3, 0.4) is 0 Å². The molecule has 0 unspecified atom stereocenters. The maximum absolute atomic E-state index is 12.4. The molecule has 2 heterocycles. The fraction of sp³-hybridized carbons (Fsp3) is 0.333.